The molecule has 0 radical (unpaired) electrons. The van der Waals surface area contributed by atoms with Crippen molar-refractivity contribution in [3.63, 3.8) is 0 Å². The van der Waals surface area contributed by atoms with Crippen LogP contribution < -0.4 is 14.4 Å². The average molecular weight is 600 g/mol. The topological polar surface area (TPSA) is 96.0 Å². The van der Waals surface area contributed by atoms with Gasteiger partial charge in [0.25, 0.3) is 10.0 Å². The minimum absolute atomic E-state index is 0.0414. The molecule has 0 heterocycles. The Hall–Kier alpha value is -3.56. The molecule has 0 unspecified atom stereocenters. The van der Waals surface area contributed by atoms with E-state index in [1.165, 1.54) is 17.0 Å². The number of hydrogen-bond donors (Lipinski definition) is 1. The van der Waals surface area contributed by atoms with Crippen LogP contribution in [0.5, 0.6) is 5.75 Å². The Labute approximate surface area is 248 Å². The molecule has 0 aromatic heterocycles. The van der Waals surface area contributed by atoms with Crippen molar-refractivity contribution in [3.8, 4) is 5.75 Å². The predicted molar refractivity (Wildman–Crippen MR) is 163 cm³/mol. The molecule has 220 valence electrons. The molecule has 0 saturated heterocycles. The Morgan fingerprint density at radius 1 is 0.951 bits per heavy atom. The van der Waals surface area contributed by atoms with Crippen LogP contribution >= 0.6 is 11.6 Å². The third-order valence-corrected chi connectivity index (χ3v) is 8.94. The van der Waals surface area contributed by atoms with Gasteiger partial charge in [-0.25, -0.2) is 8.42 Å². The van der Waals surface area contributed by atoms with Gasteiger partial charge >= 0.3 is 0 Å². The van der Waals surface area contributed by atoms with Crippen LogP contribution in [0.2, 0.25) is 5.02 Å². The first-order valence-electron chi connectivity index (χ1n) is 13.4. The predicted octanol–water partition coefficient (Wildman–Crippen LogP) is 5.35. The highest BCUT2D eigenvalue weighted by Gasteiger charge is 2.33. The van der Waals surface area contributed by atoms with E-state index in [4.69, 9.17) is 16.3 Å². The van der Waals surface area contributed by atoms with Crippen LogP contribution in [0.4, 0.5) is 5.69 Å². The molecule has 0 aliphatic carbocycles. The molecule has 8 nitrogen and oxygen atoms in total. The number of aryl methyl sites for hydroxylation is 1. The fraction of sp³-hybridized carbons (Fsp3) is 0.355. The first-order chi connectivity index (χ1) is 19.3. The number of amides is 2. The molecule has 0 bridgehead atoms. The summed E-state index contributed by atoms with van der Waals surface area (Å²) >= 11 is 6.38. The van der Waals surface area contributed by atoms with Crippen molar-refractivity contribution in [1.29, 1.82) is 0 Å². The van der Waals surface area contributed by atoms with Crippen molar-refractivity contribution in [2.24, 2.45) is 5.92 Å². The van der Waals surface area contributed by atoms with Crippen molar-refractivity contribution < 1.29 is 22.7 Å². The summed E-state index contributed by atoms with van der Waals surface area (Å²) in [6, 6.07) is 17.6. The quantitative estimate of drug-likeness (QED) is 0.303. The van der Waals surface area contributed by atoms with Gasteiger partial charge in [0, 0.05) is 18.1 Å². The Kier molecular flexibility index (Phi) is 10.8. The van der Waals surface area contributed by atoms with Crippen molar-refractivity contribution in [3.05, 3.63) is 88.4 Å². The number of nitrogens with zero attached hydrogens (tertiary/aromatic N) is 2. The maximum Gasteiger partial charge on any atom is 0.264 e. The van der Waals surface area contributed by atoms with Crippen LogP contribution in [0.1, 0.15) is 37.5 Å². The van der Waals surface area contributed by atoms with Gasteiger partial charge in [0.05, 0.1) is 17.7 Å². The van der Waals surface area contributed by atoms with E-state index in [0.29, 0.717) is 22.9 Å². The molecule has 3 aromatic carbocycles. The van der Waals surface area contributed by atoms with Gasteiger partial charge in [0.1, 0.15) is 18.3 Å². The largest absolute Gasteiger partial charge is 0.497 e. The summed E-state index contributed by atoms with van der Waals surface area (Å²) in [5.74, 6) is 0.00880. The second-order valence-corrected chi connectivity index (χ2v) is 12.7. The Morgan fingerprint density at radius 2 is 1.59 bits per heavy atom. The molecule has 0 saturated carbocycles. The van der Waals surface area contributed by atoms with Crippen LogP contribution in [0.3, 0.4) is 0 Å². The molecular weight excluding hydrogens is 562 g/mol. The summed E-state index contributed by atoms with van der Waals surface area (Å²) in [5.41, 5.74) is 2.46. The van der Waals surface area contributed by atoms with Crippen LogP contribution in [-0.2, 0) is 26.2 Å². The fourth-order valence-electron chi connectivity index (χ4n) is 4.18. The Morgan fingerprint density at radius 3 is 2.17 bits per heavy atom. The van der Waals surface area contributed by atoms with Gasteiger partial charge in [-0.1, -0.05) is 61.3 Å². The number of nitrogens with one attached hydrogen (secondary N) is 1. The summed E-state index contributed by atoms with van der Waals surface area (Å²) in [7, 11) is -2.62. The molecular formula is C31H38ClN3O5S. The van der Waals surface area contributed by atoms with Gasteiger partial charge in [-0.15, -0.1) is 0 Å². The second kappa shape index (κ2) is 13.9. The smallest absolute Gasteiger partial charge is 0.264 e. The zero-order chi connectivity index (χ0) is 30.3. The number of benzene rings is 3. The lowest BCUT2D eigenvalue weighted by Gasteiger charge is -2.32. The zero-order valence-corrected chi connectivity index (χ0v) is 25.9. The molecule has 0 aliphatic rings. The number of rotatable bonds is 12. The number of carbonyl (C=O) groups is 2. The summed E-state index contributed by atoms with van der Waals surface area (Å²) < 4.78 is 34.3. The minimum atomic E-state index is -4.18. The first kappa shape index (κ1) is 32.0. The molecule has 3 aromatic rings. The maximum absolute atomic E-state index is 14.0. The standard InChI is InChI=1S/C31H38ClN3O5S/c1-21(2)18-33-31(37)24(5)34(19-25-12-14-26(40-6)15-13-25)30(36)20-35(29-9-7-8-28(32)23(29)4)41(38,39)27-16-10-22(3)11-17-27/h7-17,21,24H,18-20H2,1-6H3,(H,33,37)/t24-/m0/s1. The van der Waals surface area contributed by atoms with E-state index in [1.54, 1.807) is 75.6 Å². The molecule has 0 spiro atoms. The summed E-state index contributed by atoms with van der Waals surface area (Å²) in [6.07, 6.45) is 0. The summed E-state index contributed by atoms with van der Waals surface area (Å²) in [6.45, 7) is 9.17. The molecule has 41 heavy (non-hydrogen) atoms. The lowest BCUT2D eigenvalue weighted by Crippen LogP contribution is -2.51. The number of hydrogen-bond acceptors (Lipinski definition) is 5. The number of anilines is 1. The first-order valence-corrected chi connectivity index (χ1v) is 15.2. The lowest BCUT2D eigenvalue weighted by molar-refractivity contribution is -0.139. The third-order valence-electron chi connectivity index (χ3n) is 6.76. The van der Waals surface area contributed by atoms with Crippen LogP contribution in [-0.4, -0.2) is 51.4 Å². The van der Waals surface area contributed by atoms with Gasteiger partial charge in [-0.05, 0) is 74.2 Å². The van der Waals surface area contributed by atoms with E-state index in [2.05, 4.69) is 5.32 Å². The van der Waals surface area contributed by atoms with Crippen LogP contribution in [0, 0.1) is 19.8 Å². The lowest BCUT2D eigenvalue weighted by atomic mass is 10.1. The van der Waals surface area contributed by atoms with Crippen molar-refractivity contribution in [1.82, 2.24) is 10.2 Å². The molecule has 2 amide bonds. The normalized spacial score (nSPS) is 12.1. The van der Waals surface area contributed by atoms with Crippen LogP contribution in [0.15, 0.2) is 71.6 Å². The van der Waals surface area contributed by atoms with Gasteiger partial charge in [-0.3, -0.25) is 13.9 Å². The number of carbonyl (C=O) groups excluding carboxylic acids is 2. The number of methoxy groups -OCH3 is 1. The fourth-order valence-corrected chi connectivity index (χ4v) is 5.82. The highest BCUT2D eigenvalue weighted by atomic mass is 35.5. The Bertz CT molecular complexity index is 1460. The van der Waals surface area contributed by atoms with E-state index in [-0.39, 0.29) is 29.0 Å². The van der Waals surface area contributed by atoms with Gasteiger partial charge in [0.15, 0.2) is 0 Å². The maximum atomic E-state index is 14.0. The molecule has 0 aliphatic heterocycles. The van der Waals surface area contributed by atoms with Crippen LogP contribution in [0.25, 0.3) is 0 Å². The minimum Gasteiger partial charge on any atom is -0.497 e. The van der Waals surface area contributed by atoms with Crippen molar-refractivity contribution in [2.45, 2.75) is 52.1 Å². The summed E-state index contributed by atoms with van der Waals surface area (Å²) in [4.78, 5) is 28.6. The molecule has 0 fully saturated rings. The number of ether oxygens (including phenoxy) is 1. The van der Waals surface area contributed by atoms with E-state index in [9.17, 15) is 18.0 Å². The number of sulfonamides is 1. The molecule has 10 heteroatoms. The summed E-state index contributed by atoms with van der Waals surface area (Å²) in [5, 5.41) is 3.25. The van der Waals surface area contributed by atoms with Crippen molar-refractivity contribution in [2.75, 3.05) is 24.5 Å². The van der Waals surface area contributed by atoms with E-state index < -0.39 is 28.5 Å². The monoisotopic (exact) mass is 599 g/mol. The molecule has 1 atom stereocenters. The highest BCUT2D eigenvalue weighted by Crippen LogP contribution is 2.31. The van der Waals surface area contributed by atoms with E-state index in [1.807, 2.05) is 20.8 Å². The molecule has 1 N–H and O–H groups in total. The molecule has 3 rings (SSSR count). The van der Waals surface area contributed by atoms with Gasteiger partial charge in [0.2, 0.25) is 11.8 Å². The highest BCUT2D eigenvalue weighted by molar-refractivity contribution is 7.92. The number of halogens is 1. The third kappa shape index (κ3) is 8.01. The van der Waals surface area contributed by atoms with E-state index in [0.717, 1.165) is 15.4 Å². The van der Waals surface area contributed by atoms with Gasteiger partial charge in [-0.2, -0.15) is 0 Å². The van der Waals surface area contributed by atoms with Crippen molar-refractivity contribution >= 4 is 39.1 Å². The zero-order valence-electron chi connectivity index (χ0n) is 24.3. The average Bonchev–Trinajstić information content (AvgIpc) is 2.95. The van der Waals surface area contributed by atoms with E-state index >= 15 is 0 Å². The Balaban J connectivity index is 2.05. The van der Waals surface area contributed by atoms with Gasteiger partial charge < -0.3 is 15.0 Å². The second-order valence-electron chi connectivity index (χ2n) is 10.4. The SMILES string of the molecule is COc1ccc(CN(C(=O)CN(c2cccc(Cl)c2C)S(=O)(=O)c2ccc(C)cc2)[C@@H](C)C(=O)NCC(C)C)cc1.